The van der Waals surface area contributed by atoms with Crippen molar-refractivity contribution in [2.45, 2.75) is 12.8 Å². The molecule has 0 aliphatic rings. The summed E-state index contributed by atoms with van der Waals surface area (Å²) < 4.78 is 10.6. The first kappa shape index (κ1) is 18.4. The Labute approximate surface area is 158 Å². The molecular weight excluding hydrogens is 342 g/mol. The summed E-state index contributed by atoms with van der Waals surface area (Å²) in [6.07, 6.45) is 3.55. The number of aryl methyl sites for hydroxylation is 1. The molecule has 27 heavy (non-hydrogen) atoms. The van der Waals surface area contributed by atoms with Crippen molar-refractivity contribution in [1.29, 1.82) is 0 Å². The maximum absolute atomic E-state index is 5.39. The molecule has 1 heterocycles. The highest BCUT2D eigenvalue weighted by Gasteiger charge is 2.07. The molecular formula is C20H23N5O2. The van der Waals surface area contributed by atoms with Crippen LogP contribution in [0.4, 0.5) is 17.5 Å². The summed E-state index contributed by atoms with van der Waals surface area (Å²) in [5.41, 5.74) is 2.09. The van der Waals surface area contributed by atoms with Gasteiger partial charge in [-0.2, -0.15) is 10.1 Å². The van der Waals surface area contributed by atoms with Crippen LogP contribution in [0.1, 0.15) is 12.0 Å². The van der Waals surface area contributed by atoms with Gasteiger partial charge in [0, 0.05) is 12.6 Å². The number of rotatable bonds is 9. The Balaban J connectivity index is 1.57. The molecule has 0 spiro atoms. The van der Waals surface area contributed by atoms with Crippen molar-refractivity contribution in [3.8, 4) is 11.5 Å². The molecule has 0 unspecified atom stereocenters. The van der Waals surface area contributed by atoms with E-state index in [1.807, 2.05) is 18.2 Å². The van der Waals surface area contributed by atoms with Crippen LogP contribution in [0.2, 0.25) is 0 Å². The Hall–Kier alpha value is -3.35. The van der Waals surface area contributed by atoms with E-state index in [2.05, 4.69) is 50.1 Å². The minimum atomic E-state index is 0.487. The van der Waals surface area contributed by atoms with Crippen molar-refractivity contribution in [2.24, 2.45) is 0 Å². The number of nitrogens with zero attached hydrogens (tertiary/aromatic N) is 3. The second kappa shape index (κ2) is 9.38. The molecule has 0 atom stereocenters. The Morgan fingerprint density at radius 2 is 1.85 bits per heavy atom. The monoisotopic (exact) mass is 365 g/mol. The van der Waals surface area contributed by atoms with Crippen LogP contribution in [0, 0.1) is 0 Å². The van der Waals surface area contributed by atoms with Crippen molar-refractivity contribution in [3.63, 3.8) is 0 Å². The smallest absolute Gasteiger partial charge is 0.244 e. The third-order valence-corrected chi connectivity index (χ3v) is 4.00. The topological polar surface area (TPSA) is 81.2 Å². The van der Waals surface area contributed by atoms with Crippen LogP contribution in [0.5, 0.6) is 11.5 Å². The molecule has 0 saturated heterocycles. The van der Waals surface area contributed by atoms with Crippen molar-refractivity contribution < 1.29 is 9.47 Å². The van der Waals surface area contributed by atoms with E-state index in [0.29, 0.717) is 17.5 Å². The minimum absolute atomic E-state index is 0.487. The molecule has 2 aromatic carbocycles. The zero-order chi connectivity index (χ0) is 18.9. The number of nitrogens with one attached hydrogen (secondary N) is 2. The second-order valence-corrected chi connectivity index (χ2v) is 5.87. The van der Waals surface area contributed by atoms with Crippen LogP contribution in [0.3, 0.4) is 0 Å². The average Bonchev–Trinajstić information content (AvgIpc) is 2.72. The number of methoxy groups -OCH3 is 2. The number of anilines is 3. The molecule has 3 rings (SSSR count). The molecule has 7 nitrogen and oxygen atoms in total. The predicted molar refractivity (Wildman–Crippen MR) is 106 cm³/mol. The molecule has 0 fully saturated rings. The van der Waals surface area contributed by atoms with Crippen LogP contribution in [-0.4, -0.2) is 35.9 Å². The van der Waals surface area contributed by atoms with Crippen molar-refractivity contribution in [3.05, 3.63) is 60.3 Å². The average molecular weight is 365 g/mol. The maximum atomic E-state index is 5.39. The number of hydrogen-bond acceptors (Lipinski definition) is 7. The number of aromatic nitrogens is 3. The lowest BCUT2D eigenvalue weighted by Crippen LogP contribution is -2.08. The van der Waals surface area contributed by atoms with E-state index in [0.717, 1.165) is 30.8 Å². The first-order chi connectivity index (χ1) is 13.3. The van der Waals surface area contributed by atoms with E-state index in [9.17, 15) is 0 Å². The normalized spacial score (nSPS) is 10.3. The number of ether oxygens (including phenoxy) is 2. The minimum Gasteiger partial charge on any atom is -0.497 e. The molecule has 0 aliphatic heterocycles. The van der Waals surface area contributed by atoms with Crippen LogP contribution in [0.15, 0.2) is 54.7 Å². The first-order valence-electron chi connectivity index (χ1n) is 8.75. The van der Waals surface area contributed by atoms with Gasteiger partial charge < -0.3 is 20.1 Å². The second-order valence-electron chi connectivity index (χ2n) is 5.87. The molecule has 0 aliphatic carbocycles. The first-order valence-corrected chi connectivity index (χ1v) is 8.75. The van der Waals surface area contributed by atoms with Gasteiger partial charge in [0.05, 0.1) is 26.1 Å². The number of hydrogen-bond donors (Lipinski definition) is 2. The fraction of sp³-hybridized carbons (Fsp3) is 0.250. The highest BCUT2D eigenvalue weighted by Crippen LogP contribution is 2.30. The molecule has 0 radical (unpaired) electrons. The summed E-state index contributed by atoms with van der Waals surface area (Å²) in [6.45, 7) is 0.770. The van der Waals surface area contributed by atoms with E-state index >= 15 is 0 Å². The zero-order valence-corrected chi connectivity index (χ0v) is 15.5. The van der Waals surface area contributed by atoms with Gasteiger partial charge in [-0.25, -0.2) is 0 Å². The molecule has 0 bridgehead atoms. The van der Waals surface area contributed by atoms with Gasteiger partial charge in [-0.05, 0) is 30.5 Å². The van der Waals surface area contributed by atoms with Crippen LogP contribution in [0.25, 0.3) is 0 Å². The van der Waals surface area contributed by atoms with E-state index < -0.39 is 0 Å². The standard InChI is InChI=1S/C20H23N5O2/c1-26-16-10-11-17(18(13-16)27-2)23-19-14-22-25-20(24-19)21-12-6-9-15-7-4-3-5-8-15/h3-5,7-8,10-11,13-14H,6,9,12H2,1-2H3,(H2,21,23,24,25). The maximum Gasteiger partial charge on any atom is 0.244 e. The summed E-state index contributed by atoms with van der Waals surface area (Å²) >= 11 is 0. The van der Waals surface area contributed by atoms with Gasteiger partial charge >= 0.3 is 0 Å². The van der Waals surface area contributed by atoms with E-state index in [1.54, 1.807) is 26.5 Å². The van der Waals surface area contributed by atoms with E-state index in [4.69, 9.17) is 9.47 Å². The van der Waals surface area contributed by atoms with Gasteiger partial charge in [0.15, 0.2) is 5.82 Å². The highest BCUT2D eigenvalue weighted by molar-refractivity contribution is 5.65. The van der Waals surface area contributed by atoms with Crippen LogP contribution < -0.4 is 20.1 Å². The zero-order valence-electron chi connectivity index (χ0n) is 15.5. The van der Waals surface area contributed by atoms with Gasteiger partial charge in [0.1, 0.15) is 11.5 Å². The summed E-state index contributed by atoms with van der Waals surface area (Å²) in [6, 6.07) is 15.9. The van der Waals surface area contributed by atoms with E-state index in [1.165, 1.54) is 5.56 Å². The van der Waals surface area contributed by atoms with Gasteiger partial charge in [-0.15, -0.1) is 5.10 Å². The SMILES string of the molecule is COc1ccc(Nc2cnnc(NCCCc3ccccc3)n2)c(OC)c1. The van der Waals surface area contributed by atoms with Crippen LogP contribution >= 0.6 is 0 Å². The number of benzene rings is 2. The van der Waals surface area contributed by atoms with Crippen molar-refractivity contribution in [1.82, 2.24) is 15.2 Å². The lowest BCUT2D eigenvalue weighted by Gasteiger charge is -2.12. The fourth-order valence-electron chi connectivity index (χ4n) is 2.62. The summed E-state index contributed by atoms with van der Waals surface area (Å²) in [5.74, 6) is 2.45. The van der Waals surface area contributed by atoms with Gasteiger partial charge in [0.25, 0.3) is 0 Å². The molecule has 7 heteroatoms. The summed E-state index contributed by atoms with van der Waals surface area (Å²) in [4.78, 5) is 4.45. The Bertz CT molecular complexity index is 858. The molecule has 0 saturated carbocycles. The highest BCUT2D eigenvalue weighted by atomic mass is 16.5. The largest absolute Gasteiger partial charge is 0.497 e. The third-order valence-electron chi connectivity index (χ3n) is 4.00. The van der Waals surface area contributed by atoms with Gasteiger partial charge in [-0.3, -0.25) is 0 Å². The van der Waals surface area contributed by atoms with E-state index in [-0.39, 0.29) is 0 Å². The molecule has 0 amide bonds. The predicted octanol–water partition coefficient (Wildman–Crippen LogP) is 3.68. The fourth-order valence-corrected chi connectivity index (χ4v) is 2.62. The summed E-state index contributed by atoms with van der Waals surface area (Å²) in [5, 5.41) is 14.4. The lowest BCUT2D eigenvalue weighted by atomic mass is 10.1. The van der Waals surface area contributed by atoms with Gasteiger partial charge in [0.2, 0.25) is 5.95 Å². The van der Waals surface area contributed by atoms with Gasteiger partial charge in [-0.1, -0.05) is 30.3 Å². The molecule has 3 aromatic rings. The molecule has 2 N–H and O–H groups in total. The third kappa shape index (κ3) is 5.31. The quantitative estimate of drug-likeness (QED) is 0.560. The summed E-state index contributed by atoms with van der Waals surface area (Å²) in [7, 11) is 3.23. The van der Waals surface area contributed by atoms with Crippen LogP contribution in [-0.2, 0) is 6.42 Å². The Morgan fingerprint density at radius 3 is 2.63 bits per heavy atom. The Kier molecular flexibility index (Phi) is 6.40. The molecule has 1 aromatic heterocycles. The molecule has 140 valence electrons. The Morgan fingerprint density at radius 1 is 1.00 bits per heavy atom. The lowest BCUT2D eigenvalue weighted by molar-refractivity contribution is 0.395. The van der Waals surface area contributed by atoms with Crippen molar-refractivity contribution >= 4 is 17.5 Å². The van der Waals surface area contributed by atoms with Crippen molar-refractivity contribution in [2.75, 3.05) is 31.4 Å².